The molecular formula is C12H11N3. The lowest BCUT2D eigenvalue weighted by Crippen LogP contribution is -2.12. The molecule has 0 bridgehead atoms. The predicted molar refractivity (Wildman–Crippen MR) is 60.7 cm³/mol. The zero-order valence-electron chi connectivity index (χ0n) is 8.14. The molecule has 0 aliphatic heterocycles. The van der Waals surface area contributed by atoms with E-state index in [0.29, 0.717) is 5.69 Å². The van der Waals surface area contributed by atoms with Gasteiger partial charge in [-0.25, -0.2) is 0 Å². The summed E-state index contributed by atoms with van der Waals surface area (Å²) in [5, 5.41) is 7.23. The van der Waals surface area contributed by atoms with Gasteiger partial charge in [0.2, 0.25) is 0 Å². The lowest BCUT2D eigenvalue weighted by Gasteiger charge is -2.01. The topological polar surface area (TPSA) is 62.8 Å². The van der Waals surface area contributed by atoms with Gasteiger partial charge in [-0.2, -0.15) is 0 Å². The van der Waals surface area contributed by atoms with Crippen molar-refractivity contribution in [3.05, 3.63) is 54.4 Å². The minimum Gasteiger partial charge on any atom is -0.382 e. The second-order valence-electron chi connectivity index (χ2n) is 3.21. The van der Waals surface area contributed by atoms with Crippen LogP contribution in [0.2, 0.25) is 0 Å². The van der Waals surface area contributed by atoms with E-state index in [2.05, 4.69) is 4.98 Å². The van der Waals surface area contributed by atoms with E-state index in [1.54, 1.807) is 12.3 Å². The number of aromatic nitrogens is 1. The molecule has 1 heterocycles. The van der Waals surface area contributed by atoms with Crippen LogP contribution in [0.5, 0.6) is 0 Å². The Morgan fingerprint density at radius 3 is 2.27 bits per heavy atom. The van der Waals surface area contributed by atoms with Crippen molar-refractivity contribution in [2.24, 2.45) is 5.73 Å². The zero-order valence-corrected chi connectivity index (χ0v) is 8.14. The molecule has 74 valence electrons. The average molecular weight is 197 g/mol. The summed E-state index contributed by atoms with van der Waals surface area (Å²) in [6.45, 7) is 0. The van der Waals surface area contributed by atoms with E-state index >= 15 is 0 Å². The lowest BCUT2D eigenvalue weighted by atomic mass is 10.1. The molecule has 0 fully saturated rings. The number of nitrogen functional groups attached to an aromatic ring is 1. The van der Waals surface area contributed by atoms with Crippen molar-refractivity contribution in [1.82, 2.24) is 4.98 Å². The molecule has 2 rings (SSSR count). The lowest BCUT2D eigenvalue weighted by molar-refractivity contribution is 1.26. The van der Waals surface area contributed by atoms with Crippen LogP contribution in [0.3, 0.4) is 0 Å². The number of rotatable bonds is 2. The molecule has 2 aromatic rings. The number of nitrogens with two attached hydrogens (primary N) is 1. The van der Waals surface area contributed by atoms with Gasteiger partial charge >= 0.3 is 0 Å². The van der Waals surface area contributed by atoms with Crippen molar-refractivity contribution < 1.29 is 0 Å². The minimum absolute atomic E-state index is 0.00499. The molecule has 0 aliphatic rings. The highest BCUT2D eigenvalue weighted by atomic mass is 14.8. The first-order valence-corrected chi connectivity index (χ1v) is 4.63. The first-order valence-electron chi connectivity index (χ1n) is 4.63. The molecule has 0 atom stereocenters. The maximum Gasteiger partial charge on any atom is 0.141 e. The van der Waals surface area contributed by atoms with Crippen LogP contribution in [0.4, 0.5) is 0 Å². The first kappa shape index (κ1) is 9.40. The molecule has 3 N–H and O–H groups in total. The number of benzene rings is 1. The van der Waals surface area contributed by atoms with Crippen LogP contribution in [0, 0.1) is 5.41 Å². The number of hydrogen-bond donors (Lipinski definition) is 2. The van der Waals surface area contributed by atoms with Crippen LogP contribution in [0.15, 0.2) is 48.7 Å². The molecule has 3 nitrogen and oxygen atoms in total. The molecule has 15 heavy (non-hydrogen) atoms. The Kier molecular flexibility index (Phi) is 2.46. The standard InChI is InChI=1S/C12H11N3/c13-12(14)11-7-6-10(8-15-11)9-4-2-1-3-5-9/h1-8H,(H3,13,14). The van der Waals surface area contributed by atoms with E-state index in [4.69, 9.17) is 11.1 Å². The van der Waals surface area contributed by atoms with Gasteiger partial charge in [-0.15, -0.1) is 0 Å². The number of nitrogens with one attached hydrogen (secondary N) is 1. The molecule has 0 saturated carbocycles. The van der Waals surface area contributed by atoms with E-state index in [0.717, 1.165) is 11.1 Å². The summed E-state index contributed by atoms with van der Waals surface area (Å²) in [6, 6.07) is 13.6. The van der Waals surface area contributed by atoms with Crippen molar-refractivity contribution in [2.75, 3.05) is 0 Å². The number of nitrogens with zero attached hydrogens (tertiary/aromatic N) is 1. The molecule has 3 heteroatoms. The Morgan fingerprint density at radius 2 is 1.73 bits per heavy atom. The first-order chi connectivity index (χ1) is 7.27. The predicted octanol–water partition coefficient (Wildman–Crippen LogP) is 2.03. The van der Waals surface area contributed by atoms with Crippen molar-refractivity contribution >= 4 is 5.84 Å². The summed E-state index contributed by atoms with van der Waals surface area (Å²) < 4.78 is 0. The van der Waals surface area contributed by atoms with Crippen molar-refractivity contribution in [1.29, 1.82) is 5.41 Å². The van der Waals surface area contributed by atoms with Gasteiger partial charge in [0.05, 0.1) is 0 Å². The highest BCUT2D eigenvalue weighted by Gasteiger charge is 1.99. The normalized spacial score (nSPS) is 9.87. The molecule has 0 unspecified atom stereocenters. The van der Waals surface area contributed by atoms with E-state index in [9.17, 15) is 0 Å². The van der Waals surface area contributed by atoms with Gasteiger partial charge in [-0.05, 0) is 11.6 Å². The summed E-state index contributed by atoms with van der Waals surface area (Å²) in [7, 11) is 0. The molecule has 0 radical (unpaired) electrons. The van der Waals surface area contributed by atoms with E-state index < -0.39 is 0 Å². The van der Waals surface area contributed by atoms with Crippen molar-refractivity contribution in [3.8, 4) is 11.1 Å². The van der Waals surface area contributed by atoms with Gasteiger partial charge in [-0.3, -0.25) is 10.4 Å². The van der Waals surface area contributed by atoms with Crippen LogP contribution in [-0.4, -0.2) is 10.8 Å². The number of pyridine rings is 1. The summed E-state index contributed by atoms with van der Waals surface area (Å²) in [5.74, 6) is -0.00499. The van der Waals surface area contributed by atoms with E-state index in [-0.39, 0.29) is 5.84 Å². The van der Waals surface area contributed by atoms with Crippen molar-refractivity contribution in [3.63, 3.8) is 0 Å². The third kappa shape index (κ3) is 2.02. The molecule has 0 saturated heterocycles. The van der Waals surface area contributed by atoms with E-state index in [1.165, 1.54) is 0 Å². The largest absolute Gasteiger partial charge is 0.382 e. The summed E-state index contributed by atoms with van der Waals surface area (Å²) >= 11 is 0. The van der Waals surface area contributed by atoms with Gasteiger partial charge < -0.3 is 5.73 Å². The number of hydrogen-bond acceptors (Lipinski definition) is 2. The average Bonchev–Trinajstić information content (AvgIpc) is 2.30. The quantitative estimate of drug-likeness (QED) is 0.571. The third-order valence-corrected chi connectivity index (χ3v) is 2.15. The molecule has 0 aliphatic carbocycles. The highest BCUT2D eigenvalue weighted by molar-refractivity contribution is 5.93. The van der Waals surface area contributed by atoms with Crippen LogP contribution < -0.4 is 5.73 Å². The Morgan fingerprint density at radius 1 is 1.00 bits per heavy atom. The maximum absolute atomic E-state index is 7.23. The van der Waals surface area contributed by atoms with Gasteiger partial charge in [0.1, 0.15) is 11.5 Å². The fourth-order valence-electron chi connectivity index (χ4n) is 1.35. The second kappa shape index (κ2) is 3.92. The smallest absolute Gasteiger partial charge is 0.141 e. The van der Waals surface area contributed by atoms with Gasteiger partial charge in [0.25, 0.3) is 0 Å². The molecule has 1 aromatic carbocycles. The SMILES string of the molecule is N=C(N)c1ccc(-c2ccccc2)cn1. The highest BCUT2D eigenvalue weighted by Crippen LogP contribution is 2.17. The summed E-state index contributed by atoms with van der Waals surface area (Å²) in [6.07, 6.45) is 1.73. The Labute approximate surface area is 88.1 Å². The Hall–Kier alpha value is -2.16. The monoisotopic (exact) mass is 197 g/mol. The minimum atomic E-state index is -0.00499. The fraction of sp³-hybridized carbons (Fsp3) is 0. The Bertz CT molecular complexity index is 460. The molecular weight excluding hydrogens is 186 g/mol. The summed E-state index contributed by atoms with van der Waals surface area (Å²) in [4.78, 5) is 4.11. The fourth-order valence-corrected chi connectivity index (χ4v) is 1.35. The molecule has 0 spiro atoms. The van der Waals surface area contributed by atoms with Gasteiger partial charge in [0.15, 0.2) is 0 Å². The van der Waals surface area contributed by atoms with Crippen molar-refractivity contribution in [2.45, 2.75) is 0 Å². The van der Waals surface area contributed by atoms with Crippen LogP contribution >= 0.6 is 0 Å². The second-order valence-corrected chi connectivity index (χ2v) is 3.21. The molecule has 1 aromatic heterocycles. The maximum atomic E-state index is 7.23. The van der Waals surface area contributed by atoms with Gasteiger partial charge in [0, 0.05) is 11.8 Å². The van der Waals surface area contributed by atoms with Crippen LogP contribution in [0.1, 0.15) is 5.69 Å². The third-order valence-electron chi connectivity index (χ3n) is 2.15. The van der Waals surface area contributed by atoms with Crippen LogP contribution in [-0.2, 0) is 0 Å². The van der Waals surface area contributed by atoms with Crippen LogP contribution in [0.25, 0.3) is 11.1 Å². The van der Waals surface area contributed by atoms with E-state index in [1.807, 2.05) is 36.4 Å². The summed E-state index contributed by atoms with van der Waals surface area (Å²) in [5.41, 5.74) is 7.97. The number of amidine groups is 1. The van der Waals surface area contributed by atoms with Gasteiger partial charge in [-0.1, -0.05) is 36.4 Å². The zero-order chi connectivity index (χ0) is 10.7. The Balaban J connectivity index is 2.36. The molecule has 0 amide bonds.